The number of hydrogen-bond donors (Lipinski definition) is 1. The average Bonchev–Trinajstić information content (AvgIpc) is 2.46. The molecule has 0 aliphatic heterocycles. The molecule has 22 heavy (non-hydrogen) atoms. The highest BCUT2D eigenvalue weighted by atomic mass is 79.9. The van der Waals surface area contributed by atoms with Gasteiger partial charge in [-0.05, 0) is 28.9 Å². The summed E-state index contributed by atoms with van der Waals surface area (Å²) in [6.07, 6.45) is 3.82. The van der Waals surface area contributed by atoms with Crippen LogP contribution in [-0.4, -0.2) is 25.0 Å². The van der Waals surface area contributed by atoms with Gasteiger partial charge in [-0.25, -0.2) is 13.4 Å². The highest BCUT2D eigenvalue weighted by Gasteiger charge is 2.20. The second-order valence-electron chi connectivity index (χ2n) is 4.31. The highest BCUT2D eigenvalue weighted by molar-refractivity contribution is 9.10. The second-order valence-corrected chi connectivity index (χ2v) is 7.56. The molecule has 2 aromatic heterocycles. The third-order valence-corrected chi connectivity index (χ3v) is 5.23. The van der Waals surface area contributed by atoms with Gasteiger partial charge in [-0.1, -0.05) is 11.6 Å². The number of aromatic amines is 1. The Hall–Kier alpha value is -1.38. The van der Waals surface area contributed by atoms with E-state index in [4.69, 9.17) is 16.3 Å². The molecule has 2 aromatic rings. The summed E-state index contributed by atoms with van der Waals surface area (Å²) in [5, 5.41) is -0.0568. The van der Waals surface area contributed by atoms with Crippen molar-refractivity contribution in [2.45, 2.75) is 17.6 Å². The number of nitrogens with one attached hydrogen (secondary N) is 1. The molecule has 9 heteroatoms. The van der Waals surface area contributed by atoms with Crippen molar-refractivity contribution in [3.05, 3.63) is 49.9 Å². The van der Waals surface area contributed by atoms with Crippen LogP contribution in [0.3, 0.4) is 0 Å². The number of hydrogen-bond acceptors (Lipinski definition) is 5. The molecule has 0 aromatic carbocycles. The first-order valence-corrected chi connectivity index (χ1v) is 9.04. The maximum absolute atomic E-state index is 12.4. The van der Waals surface area contributed by atoms with Gasteiger partial charge in [0, 0.05) is 24.2 Å². The summed E-state index contributed by atoms with van der Waals surface area (Å²) >= 11 is 8.91. The Kier molecular flexibility index (Phi) is 5.25. The average molecular weight is 408 g/mol. The zero-order valence-corrected chi connectivity index (χ0v) is 14.6. The molecule has 2 rings (SSSR count). The smallest absolute Gasteiger partial charge is 0.228 e. The zero-order valence-electron chi connectivity index (χ0n) is 11.5. The van der Waals surface area contributed by atoms with Crippen LogP contribution in [0.15, 0.2) is 38.8 Å². The Labute approximate surface area is 140 Å². The number of H-pyrrole nitrogens is 1. The Bertz CT molecular complexity index is 851. The lowest BCUT2D eigenvalue weighted by Crippen LogP contribution is -2.15. The number of nitrogens with zero attached hydrogens (tertiary/aromatic N) is 1. The van der Waals surface area contributed by atoms with Crippen molar-refractivity contribution in [1.82, 2.24) is 9.97 Å². The van der Waals surface area contributed by atoms with Gasteiger partial charge in [-0.3, -0.25) is 4.79 Å². The fourth-order valence-corrected chi connectivity index (χ4v) is 3.82. The molecule has 0 atom stereocenters. The number of sulfone groups is 1. The van der Waals surface area contributed by atoms with E-state index in [0.717, 1.165) is 0 Å². The lowest BCUT2D eigenvalue weighted by atomic mass is 10.3. The number of aromatic nitrogens is 2. The molecule has 0 spiro atoms. The lowest BCUT2D eigenvalue weighted by Gasteiger charge is -2.08. The normalized spacial score (nSPS) is 11.4. The Morgan fingerprint density at radius 3 is 2.77 bits per heavy atom. The highest BCUT2D eigenvalue weighted by Crippen LogP contribution is 2.26. The van der Waals surface area contributed by atoms with Gasteiger partial charge in [0.25, 0.3) is 0 Å². The standard InChI is InChI=1S/C13H12BrClN2O4S/c1-2-21-13-10(14)3-9(5-17-13)22(19,20)7-8-4-16-6-11(15)12(8)18/h3-6H,2,7H2,1H3,(H,16,18). The molecule has 0 aliphatic carbocycles. The van der Waals surface area contributed by atoms with E-state index in [1.807, 2.05) is 0 Å². The quantitative estimate of drug-likeness (QED) is 0.823. The minimum atomic E-state index is -3.73. The van der Waals surface area contributed by atoms with Crippen LogP contribution in [0.1, 0.15) is 12.5 Å². The molecule has 0 amide bonds. The molecule has 6 nitrogen and oxygen atoms in total. The summed E-state index contributed by atoms with van der Waals surface area (Å²) < 4.78 is 30.4. The third-order valence-electron chi connectivity index (χ3n) is 2.74. The summed E-state index contributed by atoms with van der Waals surface area (Å²) in [7, 11) is -3.73. The molecule has 0 saturated carbocycles. The van der Waals surface area contributed by atoms with E-state index in [-0.39, 0.29) is 15.5 Å². The van der Waals surface area contributed by atoms with Gasteiger partial charge in [0.05, 0.1) is 21.7 Å². The van der Waals surface area contributed by atoms with Gasteiger partial charge in [-0.2, -0.15) is 0 Å². The van der Waals surface area contributed by atoms with Gasteiger partial charge in [0.1, 0.15) is 5.02 Å². The van der Waals surface area contributed by atoms with Crippen LogP contribution in [0.2, 0.25) is 5.02 Å². The van der Waals surface area contributed by atoms with Gasteiger partial charge < -0.3 is 9.72 Å². The summed E-state index contributed by atoms with van der Waals surface area (Å²) in [5.74, 6) is -0.160. The molecular formula is C13H12BrClN2O4S. The van der Waals surface area contributed by atoms with Crippen LogP contribution in [-0.2, 0) is 15.6 Å². The minimum Gasteiger partial charge on any atom is -0.477 e. The van der Waals surface area contributed by atoms with Gasteiger partial charge in [0.15, 0.2) is 9.84 Å². The first kappa shape index (κ1) is 17.0. The maximum Gasteiger partial charge on any atom is 0.228 e. The molecule has 0 radical (unpaired) electrons. The van der Waals surface area contributed by atoms with Crippen molar-refractivity contribution in [3.63, 3.8) is 0 Å². The van der Waals surface area contributed by atoms with E-state index in [2.05, 4.69) is 25.9 Å². The van der Waals surface area contributed by atoms with Crippen molar-refractivity contribution in [2.24, 2.45) is 0 Å². The largest absolute Gasteiger partial charge is 0.477 e. The number of pyridine rings is 2. The first-order chi connectivity index (χ1) is 10.3. The third kappa shape index (κ3) is 3.68. The van der Waals surface area contributed by atoms with E-state index in [0.29, 0.717) is 17.0 Å². The van der Waals surface area contributed by atoms with Crippen molar-refractivity contribution >= 4 is 37.4 Å². The van der Waals surface area contributed by atoms with Gasteiger partial charge in [0.2, 0.25) is 11.3 Å². The predicted octanol–water partition coefficient (Wildman–Crippen LogP) is 2.56. The van der Waals surface area contributed by atoms with E-state index >= 15 is 0 Å². The second kappa shape index (κ2) is 6.80. The van der Waals surface area contributed by atoms with Crippen LogP contribution in [0, 0.1) is 0 Å². The van der Waals surface area contributed by atoms with Crippen molar-refractivity contribution < 1.29 is 13.2 Å². The van der Waals surface area contributed by atoms with E-state index in [1.54, 1.807) is 6.92 Å². The molecule has 0 saturated heterocycles. The summed E-state index contributed by atoms with van der Waals surface area (Å²) in [6.45, 7) is 2.21. The predicted molar refractivity (Wildman–Crippen MR) is 86.1 cm³/mol. The molecule has 0 aliphatic rings. The Balaban J connectivity index is 2.37. The van der Waals surface area contributed by atoms with Gasteiger partial charge >= 0.3 is 0 Å². The van der Waals surface area contributed by atoms with Crippen LogP contribution in [0.25, 0.3) is 0 Å². The molecule has 118 valence electrons. The fourth-order valence-electron chi connectivity index (χ4n) is 1.72. The summed E-state index contributed by atoms with van der Waals surface area (Å²) in [4.78, 5) is 18.4. The monoisotopic (exact) mass is 406 g/mol. The van der Waals surface area contributed by atoms with Crippen LogP contribution < -0.4 is 10.2 Å². The van der Waals surface area contributed by atoms with E-state index in [9.17, 15) is 13.2 Å². The molecular weight excluding hydrogens is 396 g/mol. The van der Waals surface area contributed by atoms with Crippen molar-refractivity contribution in [2.75, 3.05) is 6.61 Å². The SMILES string of the molecule is CCOc1ncc(S(=O)(=O)Cc2c[nH]cc(Cl)c2=O)cc1Br. The Morgan fingerprint density at radius 1 is 1.41 bits per heavy atom. The van der Waals surface area contributed by atoms with E-state index in [1.165, 1.54) is 24.7 Å². The molecule has 0 unspecified atom stereocenters. The molecule has 0 bridgehead atoms. The Morgan fingerprint density at radius 2 is 2.14 bits per heavy atom. The minimum absolute atomic E-state index is 0.0118. The fraction of sp³-hybridized carbons (Fsp3) is 0.231. The lowest BCUT2D eigenvalue weighted by molar-refractivity contribution is 0.324. The number of halogens is 2. The zero-order chi connectivity index (χ0) is 16.3. The number of ether oxygens (including phenoxy) is 1. The molecule has 2 heterocycles. The van der Waals surface area contributed by atoms with Crippen LogP contribution in [0.4, 0.5) is 0 Å². The van der Waals surface area contributed by atoms with Crippen molar-refractivity contribution in [1.29, 1.82) is 0 Å². The maximum atomic E-state index is 12.4. The summed E-state index contributed by atoms with van der Waals surface area (Å²) in [6, 6.07) is 1.39. The van der Waals surface area contributed by atoms with Crippen LogP contribution in [0.5, 0.6) is 5.88 Å². The first-order valence-electron chi connectivity index (χ1n) is 6.21. The molecule has 0 fully saturated rings. The van der Waals surface area contributed by atoms with Crippen LogP contribution >= 0.6 is 27.5 Å². The molecule has 1 N–H and O–H groups in total. The summed E-state index contributed by atoms with van der Waals surface area (Å²) in [5.41, 5.74) is -0.445. The van der Waals surface area contributed by atoms with E-state index < -0.39 is 21.0 Å². The van der Waals surface area contributed by atoms with Crippen molar-refractivity contribution in [3.8, 4) is 5.88 Å². The topological polar surface area (TPSA) is 89.1 Å². The number of rotatable bonds is 5. The van der Waals surface area contributed by atoms with Gasteiger partial charge in [-0.15, -0.1) is 0 Å².